The number of rotatable bonds is 12. The van der Waals surface area contributed by atoms with E-state index >= 15 is 0 Å². The van der Waals surface area contributed by atoms with E-state index in [1.807, 2.05) is 72.8 Å². The molecular formula is C98H64N8O2. The molecule has 6 aliphatic rings. The maximum atomic E-state index is 6.51. The van der Waals surface area contributed by atoms with Crippen LogP contribution < -0.4 is 9.80 Å². The number of benzene rings is 13. The summed E-state index contributed by atoms with van der Waals surface area (Å²) in [5, 5.41) is 18.4. The van der Waals surface area contributed by atoms with Gasteiger partial charge in [-0.05, 0) is 188 Å². The Bertz CT molecular complexity index is 6380. The zero-order chi connectivity index (χ0) is 71.0. The first kappa shape index (κ1) is 61.5. The highest BCUT2D eigenvalue weighted by atomic mass is 16.4. The second-order valence-corrected chi connectivity index (χ2v) is 28.8. The molecule has 0 N–H and O–H groups in total. The van der Waals surface area contributed by atoms with Gasteiger partial charge >= 0.3 is 0 Å². The quantitative estimate of drug-likeness (QED) is 0.117. The molecule has 13 aromatic carbocycles. The van der Waals surface area contributed by atoms with E-state index < -0.39 is 10.8 Å². The van der Waals surface area contributed by atoms with E-state index in [0.29, 0.717) is 23.6 Å². The molecule has 0 saturated heterocycles. The van der Waals surface area contributed by atoms with Crippen molar-refractivity contribution in [2.45, 2.75) is 22.7 Å². The predicted octanol–water partition coefficient (Wildman–Crippen LogP) is 23.5. The van der Waals surface area contributed by atoms with E-state index in [-0.39, 0.29) is 23.7 Å². The molecule has 0 bridgehead atoms. The topological polar surface area (TPSA) is 110 Å². The molecule has 108 heavy (non-hydrogen) atoms. The number of hydrogen-bond donors (Lipinski definition) is 0. The van der Waals surface area contributed by atoms with Crippen LogP contribution in [0.3, 0.4) is 0 Å². The van der Waals surface area contributed by atoms with Gasteiger partial charge in [-0.3, -0.25) is 0 Å². The molecule has 0 radical (unpaired) electrons. The number of hydrogen-bond acceptors (Lipinski definition) is 10. The first-order chi connectivity index (χ1) is 53.5. The minimum absolute atomic E-state index is 0.0467. The van der Waals surface area contributed by atoms with Crippen LogP contribution in [0.2, 0.25) is 0 Å². The molecular weight excluding hydrogens is 1320 g/mol. The van der Waals surface area contributed by atoms with Crippen molar-refractivity contribution in [2.75, 3.05) is 9.80 Å². The van der Waals surface area contributed by atoms with Crippen LogP contribution in [0.25, 0.3) is 95.7 Å². The van der Waals surface area contributed by atoms with Gasteiger partial charge in [-0.15, -0.1) is 20.4 Å². The lowest BCUT2D eigenvalue weighted by molar-refractivity contribution is 0.312. The predicted molar refractivity (Wildman–Crippen MR) is 430 cm³/mol. The Morgan fingerprint density at radius 1 is 0.287 bits per heavy atom. The lowest BCUT2D eigenvalue weighted by Crippen LogP contribution is -2.38. The molecule has 16 aromatic rings. The van der Waals surface area contributed by atoms with Crippen LogP contribution in [0, 0.1) is 11.8 Å². The SMILES string of the molecule is C1=CC2c3ccccc3C3(c4cc(N(c5ccccc5)c5ccc(-c6nc7ccccc7nc6-c6ccc(N(c7ccccc7)c7ccc8c(c7)C7(c9ccccc9-c9ccccc97)c7cc(-c9nnc(-c%10ccccc%10)o9)ccc7-8)cc6)cc5)ccc4C4C=CC(c5nnc(-c6ccccc6)o5)=CC43)C2C=C1. The number of fused-ring (bicyclic) bond motifs is 21. The monoisotopic (exact) mass is 1380 g/mol. The Labute approximate surface area is 624 Å². The van der Waals surface area contributed by atoms with Crippen LogP contribution in [-0.2, 0) is 10.8 Å². The normalized spacial score (nSPS) is 18.1. The second-order valence-electron chi connectivity index (χ2n) is 28.8. The highest BCUT2D eigenvalue weighted by molar-refractivity contribution is 5.98. The number of allylic oxidation sites excluding steroid dienone is 8. The molecule has 0 saturated carbocycles. The van der Waals surface area contributed by atoms with Crippen molar-refractivity contribution >= 4 is 50.7 Å². The largest absolute Gasteiger partial charge is 0.416 e. The standard InChI is InChI=1S/C98H64N8O2/c1-5-23-63(24-6-1)93-101-103-95(107-93)65-45-53-77-79-55-51-71(59-87(79)97(85(77)57-65)81-35-17-13-31-73(81)74-32-14-18-36-82(74)97)105(67-27-9-3-10-28-67)69-47-41-61(42-48-69)91-92(100-90-40-22-21-39-89(90)99-91)62-43-49-70(50-44-62)106(68-29-11-4-12-30-68)72-52-56-80-78-54-46-66(96-104-102-94(108-96)64-25-7-2-8-26-64)58-86(78)98(88(80)60-72)83-37-19-15-33-75(83)76-34-16-20-38-84(76)98/h1-60,73,77,81,85H. The molecule has 508 valence electrons. The molecule has 6 aliphatic carbocycles. The van der Waals surface area contributed by atoms with Crippen LogP contribution in [0.15, 0.2) is 373 Å². The van der Waals surface area contributed by atoms with Crippen LogP contribution >= 0.6 is 0 Å². The Hall–Kier alpha value is -14.0. The van der Waals surface area contributed by atoms with Gasteiger partial charge in [-0.25, -0.2) is 9.97 Å². The Morgan fingerprint density at radius 2 is 0.704 bits per heavy atom. The summed E-state index contributed by atoms with van der Waals surface area (Å²) in [5.41, 5.74) is 28.9. The molecule has 3 aromatic heterocycles. The fraction of sp³-hybridized carbons (Fsp3) is 0.0612. The van der Waals surface area contributed by atoms with Gasteiger partial charge in [-0.2, -0.15) is 0 Å². The summed E-state index contributed by atoms with van der Waals surface area (Å²) in [6.45, 7) is 0. The summed E-state index contributed by atoms with van der Waals surface area (Å²) >= 11 is 0. The van der Waals surface area contributed by atoms with Crippen LogP contribution in [0.4, 0.5) is 34.1 Å². The van der Waals surface area contributed by atoms with E-state index in [4.69, 9.17) is 18.8 Å². The minimum Gasteiger partial charge on any atom is -0.416 e. The molecule has 0 aliphatic heterocycles. The Morgan fingerprint density at radius 3 is 1.31 bits per heavy atom. The van der Waals surface area contributed by atoms with Crippen molar-refractivity contribution in [3.05, 3.63) is 414 Å². The average molecular weight is 1390 g/mol. The number of nitrogens with zero attached hydrogens (tertiary/aromatic N) is 8. The maximum Gasteiger partial charge on any atom is 0.248 e. The molecule has 0 fully saturated rings. The van der Waals surface area contributed by atoms with Gasteiger partial charge in [0.25, 0.3) is 0 Å². The maximum absolute atomic E-state index is 6.51. The number of anilines is 6. The fourth-order valence-corrected chi connectivity index (χ4v) is 18.9. The third-order valence-corrected chi connectivity index (χ3v) is 23.4. The van der Waals surface area contributed by atoms with Crippen LogP contribution in [-0.4, -0.2) is 30.4 Å². The molecule has 5 atom stereocenters. The van der Waals surface area contributed by atoms with Crippen LogP contribution in [0.1, 0.15) is 62.2 Å². The average Bonchev–Trinajstić information content (AvgIpc) is 1.51. The third kappa shape index (κ3) is 9.26. The molecule has 10 nitrogen and oxygen atoms in total. The molecule has 5 unspecified atom stereocenters. The van der Waals surface area contributed by atoms with Crippen molar-refractivity contribution < 1.29 is 8.83 Å². The fourth-order valence-electron chi connectivity index (χ4n) is 18.9. The van der Waals surface area contributed by atoms with Gasteiger partial charge in [0.15, 0.2) is 0 Å². The highest BCUT2D eigenvalue weighted by Crippen LogP contribution is 2.69. The van der Waals surface area contributed by atoms with E-state index in [1.54, 1.807) is 0 Å². The molecule has 0 amide bonds. The first-order valence-electron chi connectivity index (χ1n) is 37.0. The summed E-state index contributed by atoms with van der Waals surface area (Å²) < 4.78 is 13.0. The van der Waals surface area contributed by atoms with E-state index in [9.17, 15) is 0 Å². The van der Waals surface area contributed by atoms with Crippen molar-refractivity contribution in [3.63, 3.8) is 0 Å². The minimum atomic E-state index is -0.669. The van der Waals surface area contributed by atoms with Crippen LogP contribution in [0.5, 0.6) is 0 Å². The van der Waals surface area contributed by atoms with Gasteiger partial charge in [0.2, 0.25) is 23.6 Å². The van der Waals surface area contributed by atoms with Gasteiger partial charge in [-0.1, -0.05) is 243 Å². The van der Waals surface area contributed by atoms with E-state index in [1.165, 1.54) is 66.8 Å². The van der Waals surface area contributed by atoms with Crippen molar-refractivity contribution in [3.8, 4) is 79.1 Å². The molecule has 2 spiro atoms. The third-order valence-electron chi connectivity index (χ3n) is 23.4. The molecule has 22 rings (SSSR count). The highest BCUT2D eigenvalue weighted by Gasteiger charge is 2.62. The smallest absolute Gasteiger partial charge is 0.248 e. The number of para-hydroxylation sites is 4. The van der Waals surface area contributed by atoms with Gasteiger partial charge < -0.3 is 18.6 Å². The summed E-state index contributed by atoms with van der Waals surface area (Å²) in [7, 11) is 0. The molecule has 10 heteroatoms. The summed E-state index contributed by atoms with van der Waals surface area (Å²) in [5.74, 6) is 2.49. The second kappa shape index (κ2) is 24.3. The molecule has 3 heterocycles. The Balaban J connectivity index is 0.636. The van der Waals surface area contributed by atoms with E-state index in [0.717, 1.165) is 89.9 Å². The Kier molecular flexibility index (Phi) is 13.8. The number of aromatic nitrogens is 6. The summed E-state index contributed by atoms with van der Waals surface area (Å²) in [6.07, 6.45) is 16.4. The van der Waals surface area contributed by atoms with Gasteiger partial charge in [0.05, 0.1) is 27.8 Å². The van der Waals surface area contributed by atoms with Crippen molar-refractivity contribution in [1.29, 1.82) is 0 Å². The van der Waals surface area contributed by atoms with Crippen molar-refractivity contribution in [2.24, 2.45) is 11.8 Å². The summed E-state index contributed by atoms with van der Waals surface area (Å²) in [6, 6.07) is 115. The van der Waals surface area contributed by atoms with Gasteiger partial charge in [0, 0.05) is 96.6 Å². The lowest BCUT2D eigenvalue weighted by Gasteiger charge is -2.41. The van der Waals surface area contributed by atoms with Gasteiger partial charge in [0.1, 0.15) is 0 Å². The van der Waals surface area contributed by atoms with E-state index in [2.05, 4.69) is 321 Å². The zero-order valence-electron chi connectivity index (χ0n) is 58.3. The first-order valence-corrected chi connectivity index (χ1v) is 37.0. The van der Waals surface area contributed by atoms with Crippen molar-refractivity contribution in [1.82, 2.24) is 30.4 Å². The zero-order valence-corrected chi connectivity index (χ0v) is 58.3. The summed E-state index contributed by atoms with van der Waals surface area (Å²) in [4.78, 5) is 15.8. The lowest BCUT2D eigenvalue weighted by atomic mass is 9.61.